The van der Waals surface area contributed by atoms with Gasteiger partial charge in [0.1, 0.15) is 5.75 Å². The second-order valence-corrected chi connectivity index (χ2v) is 3.88. The first-order valence-electron chi connectivity index (χ1n) is 5.16. The van der Waals surface area contributed by atoms with Crippen LogP contribution in [0.3, 0.4) is 0 Å². The number of nitro groups is 1. The van der Waals surface area contributed by atoms with E-state index in [-0.39, 0.29) is 23.4 Å². The summed E-state index contributed by atoms with van der Waals surface area (Å²) in [5.41, 5.74) is 5.26. The molecule has 0 aliphatic heterocycles. The Labute approximate surface area is 102 Å². The minimum atomic E-state index is -0.608. The molecule has 6 heteroatoms. The number of benzene rings is 2. The molecule has 0 heterocycles. The van der Waals surface area contributed by atoms with Crippen LogP contribution in [-0.2, 0) is 11.2 Å². The molecule has 0 bridgehead atoms. The van der Waals surface area contributed by atoms with Crippen molar-refractivity contribution < 1.29 is 14.8 Å². The van der Waals surface area contributed by atoms with Crippen molar-refractivity contribution in [3.63, 3.8) is 0 Å². The number of carbonyl (C=O) groups excluding carboxylic acids is 1. The number of carbonyl (C=O) groups is 1. The maximum absolute atomic E-state index is 10.9. The van der Waals surface area contributed by atoms with Crippen molar-refractivity contribution in [3.8, 4) is 5.75 Å². The summed E-state index contributed by atoms with van der Waals surface area (Å²) >= 11 is 0. The highest BCUT2D eigenvalue weighted by Crippen LogP contribution is 2.31. The third kappa shape index (κ3) is 2.08. The van der Waals surface area contributed by atoms with E-state index in [1.807, 2.05) is 0 Å². The molecule has 1 amide bonds. The van der Waals surface area contributed by atoms with Crippen LogP contribution in [0.25, 0.3) is 10.8 Å². The molecule has 2 rings (SSSR count). The number of rotatable bonds is 3. The van der Waals surface area contributed by atoms with Gasteiger partial charge in [0.25, 0.3) is 5.69 Å². The smallest absolute Gasteiger partial charge is 0.277 e. The molecule has 0 unspecified atom stereocenters. The SMILES string of the molecule is NC(=O)Cc1cc2c([N+](=O)[O-])cccc2cc1O. The van der Waals surface area contributed by atoms with Gasteiger partial charge < -0.3 is 10.8 Å². The number of nitrogens with two attached hydrogens (primary N) is 1. The number of nitrogens with zero attached hydrogens (tertiary/aromatic N) is 1. The third-order valence-corrected chi connectivity index (χ3v) is 2.62. The number of phenols is 1. The Morgan fingerprint density at radius 3 is 2.72 bits per heavy atom. The van der Waals surface area contributed by atoms with Crippen molar-refractivity contribution in [2.75, 3.05) is 0 Å². The van der Waals surface area contributed by atoms with Crippen LogP contribution >= 0.6 is 0 Å². The Kier molecular flexibility index (Phi) is 2.85. The Morgan fingerprint density at radius 1 is 1.39 bits per heavy atom. The van der Waals surface area contributed by atoms with Gasteiger partial charge in [-0.1, -0.05) is 12.1 Å². The number of hydrogen-bond acceptors (Lipinski definition) is 4. The van der Waals surface area contributed by atoms with Crippen molar-refractivity contribution in [1.82, 2.24) is 0 Å². The summed E-state index contributed by atoms with van der Waals surface area (Å²) in [4.78, 5) is 21.2. The largest absolute Gasteiger partial charge is 0.508 e. The Bertz CT molecular complexity index is 652. The highest BCUT2D eigenvalue weighted by Gasteiger charge is 2.14. The molecule has 92 valence electrons. The number of nitro benzene ring substituents is 1. The maximum atomic E-state index is 10.9. The van der Waals surface area contributed by atoms with Crippen LogP contribution in [0.2, 0.25) is 0 Å². The van der Waals surface area contributed by atoms with E-state index < -0.39 is 10.8 Å². The minimum Gasteiger partial charge on any atom is -0.508 e. The monoisotopic (exact) mass is 246 g/mol. The number of primary amides is 1. The molecule has 0 radical (unpaired) electrons. The normalized spacial score (nSPS) is 10.4. The molecular weight excluding hydrogens is 236 g/mol. The lowest BCUT2D eigenvalue weighted by Crippen LogP contribution is -2.13. The van der Waals surface area contributed by atoms with Gasteiger partial charge in [-0.25, -0.2) is 0 Å². The van der Waals surface area contributed by atoms with Gasteiger partial charge in [0.15, 0.2) is 0 Å². The number of non-ortho nitro benzene ring substituents is 1. The van der Waals surface area contributed by atoms with Gasteiger partial charge in [0.2, 0.25) is 5.91 Å². The van der Waals surface area contributed by atoms with Crippen molar-refractivity contribution in [3.05, 3.63) is 46.0 Å². The van der Waals surface area contributed by atoms with Crippen LogP contribution in [0.1, 0.15) is 5.56 Å². The van der Waals surface area contributed by atoms with Crippen LogP contribution in [0.15, 0.2) is 30.3 Å². The first-order valence-corrected chi connectivity index (χ1v) is 5.16. The second-order valence-electron chi connectivity index (χ2n) is 3.88. The molecule has 0 spiro atoms. The molecule has 0 fully saturated rings. The fraction of sp³-hybridized carbons (Fsp3) is 0.0833. The predicted molar refractivity (Wildman–Crippen MR) is 65.2 cm³/mol. The van der Waals surface area contributed by atoms with E-state index in [0.29, 0.717) is 10.8 Å². The molecule has 0 saturated heterocycles. The molecule has 6 nitrogen and oxygen atoms in total. The van der Waals surface area contributed by atoms with E-state index in [1.165, 1.54) is 24.3 Å². The van der Waals surface area contributed by atoms with Crippen molar-refractivity contribution >= 4 is 22.4 Å². The molecular formula is C12H10N2O4. The predicted octanol–water partition coefficient (Wildman–Crippen LogP) is 1.48. The Hall–Kier alpha value is -2.63. The van der Waals surface area contributed by atoms with E-state index in [2.05, 4.69) is 0 Å². The van der Waals surface area contributed by atoms with Gasteiger partial charge in [-0.2, -0.15) is 0 Å². The minimum absolute atomic E-state index is 0.0711. The molecule has 2 aromatic rings. The molecule has 0 aromatic heterocycles. The standard InChI is InChI=1S/C12H10N2O4/c13-12(16)6-8-4-9-7(5-11(8)15)2-1-3-10(9)14(17)18/h1-5,15H,6H2,(H2,13,16). The first kappa shape index (κ1) is 11.8. The number of fused-ring (bicyclic) bond motifs is 1. The zero-order valence-corrected chi connectivity index (χ0v) is 9.29. The second kappa shape index (κ2) is 4.33. The first-order chi connectivity index (χ1) is 8.49. The van der Waals surface area contributed by atoms with Crippen LogP contribution in [0, 0.1) is 10.1 Å². The van der Waals surface area contributed by atoms with Crippen LogP contribution < -0.4 is 5.73 Å². The van der Waals surface area contributed by atoms with Gasteiger partial charge in [-0.05, 0) is 17.5 Å². The number of phenolic OH excluding ortho intramolecular Hbond substituents is 1. The molecule has 2 aromatic carbocycles. The van der Waals surface area contributed by atoms with E-state index in [0.717, 1.165) is 0 Å². The number of amides is 1. The summed E-state index contributed by atoms with van der Waals surface area (Å²) in [6, 6.07) is 7.37. The van der Waals surface area contributed by atoms with E-state index in [9.17, 15) is 20.0 Å². The fourth-order valence-electron chi connectivity index (χ4n) is 1.83. The summed E-state index contributed by atoms with van der Waals surface area (Å²) < 4.78 is 0. The molecule has 0 aliphatic carbocycles. The Balaban J connectivity index is 2.70. The van der Waals surface area contributed by atoms with E-state index in [4.69, 9.17) is 5.73 Å². The lowest BCUT2D eigenvalue weighted by Gasteiger charge is -2.05. The summed E-state index contributed by atoms with van der Waals surface area (Å²) in [6.45, 7) is 0. The zero-order valence-electron chi connectivity index (χ0n) is 9.29. The summed E-state index contributed by atoms with van der Waals surface area (Å²) in [7, 11) is 0. The topological polar surface area (TPSA) is 106 Å². The zero-order chi connectivity index (χ0) is 13.3. The highest BCUT2D eigenvalue weighted by molar-refractivity contribution is 5.93. The molecule has 18 heavy (non-hydrogen) atoms. The van der Waals surface area contributed by atoms with Crippen molar-refractivity contribution in [1.29, 1.82) is 0 Å². The summed E-state index contributed by atoms with van der Waals surface area (Å²) in [5.74, 6) is -0.704. The highest BCUT2D eigenvalue weighted by atomic mass is 16.6. The lowest BCUT2D eigenvalue weighted by molar-refractivity contribution is -0.383. The molecule has 0 aliphatic rings. The molecule has 3 N–H and O–H groups in total. The summed E-state index contributed by atoms with van der Waals surface area (Å²) in [6.07, 6.45) is -0.159. The third-order valence-electron chi connectivity index (χ3n) is 2.62. The van der Waals surface area contributed by atoms with Crippen molar-refractivity contribution in [2.24, 2.45) is 5.73 Å². The fourth-order valence-corrected chi connectivity index (χ4v) is 1.83. The number of hydrogen-bond donors (Lipinski definition) is 2. The van der Waals surface area contributed by atoms with Gasteiger partial charge in [0.05, 0.1) is 16.7 Å². The Morgan fingerprint density at radius 2 is 2.11 bits per heavy atom. The molecule has 0 saturated carbocycles. The van der Waals surface area contributed by atoms with Crippen LogP contribution in [0.4, 0.5) is 5.69 Å². The van der Waals surface area contributed by atoms with Gasteiger partial charge in [-0.3, -0.25) is 14.9 Å². The van der Waals surface area contributed by atoms with Gasteiger partial charge >= 0.3 is 0 Å². The van der Waals surface area contributed by atoms with Crippen LogP contribution in [0.5, 0.6) is 5.75 Å². The average molecular weight is 246 g/mol. The lowest BCUT2D eigenvalue weighted by atomic mass is 10.0. The van der Waals surface area contributed by atoms with Crippen molar-refractivity contribution in [2.45, 2.75) is 6.42 Å². The number of aromatic hydroxyl groups is 1. The maximum Gasteiger partial charge on any atom is 0.277 e. The van der Waals surface area contributed by atoms with Gasteiger partial charge in [0, 0.05) is 11.6 Å². The van der Waals surface area contributed by atoms with E-state index in [1.54, 1.807) is 6.07 Å². The van der Waals surface area contributed by atoms with Gasteiger partial charge in [-0.15, -0.1) is 0 Å². The van der Waals surface area contributed by atoms with E-state index >= 15 is 0 Å². The van der Waals surface area contributed by atoms with Crippen LogP contribution in [-0.4, -0.2) is 15.9 Å². The summed E-state index contributed by atoms with van der Waals surface area (Å²) in [5, 5.41) is 21.5. The molecule has 0 atom stereocenters. The average Bonchev–Trinajstić information content (AvgIpc) is 2.28. The quantitative estimate of drug-likeness (QED) is 0.631.